The van der Waals surface area contributed by atoms with Gasteiger partial charge in [-0.1, -0.05) is 39.5 Å². The van der Waals surface area contributed by atoms with Crippen LogP contribution in [0.4, 0.5) is 0 Å². The van der Waals surface area contributed by atoms with Gasteiger partial charge in [0.25, 0.3) is 0 Å². The summed E-state index contributed by atoms with van der Waals surface area (Å²) in [6.45, 7) is 6.68. The molecule has 0 N–H and O–H groups in total. The molecule has 1 heterocycles. The zero-order chi connectivity index (χ0) is 12.5. The smallest absolute Gasteiger partial charge is 0.0407 e. The highest BCUT2D eigenvalue weighted by Gasteiger charge is 2.06. The molecule has 0 atom stereocenters. The highest BCUT2D eigenvalue weighted by molar-refractivity contribution is 5.29. The van der Waals surface area contributed by atoms with Crippen molar-refractivity contribution in [3.05, 3.63) is 29.1 Å². The van der Waals surface area contributed by atoms with Crippen LogP contribution in [0.5, 0.6) is 0 Å². The molecule has 0 aliphatic carbocycles. The van der Waals surface area contributed by atoms with Gasteiger partial charge in [0.2, 0.25) is 0 Å². The van der Waals surface area contributed by atoms with E-state index in [0.29, 0.717) is 0 Å². The molecule has 1 heteroatoms. The summed E-state index contributed by atoms with van der Waals surface area (Å²) in [7, 11) is 0. The summed E-state index contributed by atoms with van der Waals surface area (Å²) in [4.78, 5) is 4.45. The van der Waals surface area contributed by atoms with Gasteiger partial charge < -0.3 is 0 Å². The molecule has 0 radical (unpaired) electrons. The van der Waals surface area contributed by atoms with Crippen LogP contribution in [0.2, 0.25) is 0 Å². The van der Waals surface area contributed by atoms with Crippen molar-refractivity contribution in [1.29, 1.82) is 0 Å². The van der Waals surface area contributed by atoms with Crippen LogP contribution in [-0.4, -0.2) is 4.98 Å². The van der Waals surface area contributed by atoms with Crippen LogP contribution >= 0.6 is 0 Å². The minimum Gasteiger partial charge on any atom is -0.261 e. The highest BCUT2D eigenvalue weighted by Crippen LogP contribution is 2.18. The maximum absolute atomic E-state index is 4.45. The third kappa shape index (κ3) is 4.89. The van der Waals surface area contributed by atoms with Crippen LogP contribution in [0, 0.1) is 6.92 Å². The van der Waals surface area contributed by atoms with Gasteiger partial charge in [0, 0.05) is 11.9 Å². The molecular formula is C16H27N. The molecule has 1 aromatic heterocycles. The number of hydrogen-bond donors (Lipinski definition) is 0. The van der Waals surface area contributed by atoms with Gasteiger partial charge in [-0.2, -0.15) is 0 Å². The van der Waals surface area contributed by atoms with Gasteiger partial charge in [0.15, 0.2) is 0 Å². The van der Waals surface area contributed by atoms with Gasteiger partial charge in [0.1, 0.15) is 0 Å². The van der Waals surface area contributed by atoms with E-state index in [2.05, 4.69) is 31.8 Å². The lowest BCUT2D eigenvalue weighted by molar-refractivity contribution is 0.688. The van der Waals surface area contributed by atoms with E-state index < -0.39 is 0 Å². The number of aromatic nitrogens is 1. The molecule has 96 valence electrons. The van der Waals surface area contributed by atoms with Crippen LogP contribution in [0.1, 0.15) is 69.2 Å². The fraction of sp³-hybridized carbons (Fsp3) is 0.688. The van der Waals surface area contributed by atoms with Gasteiger partial charge >= 0.3 is 0 Å². The second-order valence-corrected chi connectivity index (χ2v) is 4.95. The first-order valence-corrected chi connectivity index (χ1v) is 7.23. The van der Waals surface area contributed by atoms with Gasteiger partial charge in [0.05, 0.1) is 0 Å². The van der Waals surface area contributed by atoms with Gasteiger partial charge in [-0.3, -0.25) is 4.98 Å². The molecule has 1 nitrogen and oxygen atoms in total. The average Bonchev–Trinajstić information content (AvgIpc) is 2.33. The molecule has 0 aromatic carbocycles. The Morgan fingerprint density at radius 1 is 0.941 bits per heavy atom. The summed E-state index contributed by atoms with van der Waals surface area (Å²) in [5.74, 6) is 0. The molecule has 0 aliphatic rings. The lowest BCUT2D eigenvalue weighted by atomic mass is 9.96. The van der Waals surface area contributed by atoms with Gasteiger partial charge in [-0.05, 0) is 49.8 Å². The standard InChI is InChI=1S/C16H27N/c1-4-6-8-10-15-12-13-17-14(3)16(15)11-9-7-5-2/h12-13H,4-11H2,1-3H3. The zero-order valence-corrected chi connectivity index (χ0v) is 11.8. The monoisotopic (exact) mass is 233 g/mol. The molecule has 0 aliphatic heterocycles. The van der Waals surface area contributed by atoms with Crippen LogP contribution in [0.3, 0.4) is 0 Å². The van der Waals surface area contributed by atoms with Crippen molar-refractivity contribution in [3.63, 3.8) is 0 Å². The maximum Gasteiger partial charge on any atom is 0.0407 e. The highest BCUT2D eigenvalue weighted by atomic mass is 14.7. The van der Waals surface area contributed by atoms with E-state index in [1.807, 2.05) is 6.20 Å². The molecule has 0 saturated heterocycles. The molecule has 0 saturated carbocycles. The normalized spacial score (nSPS) is 10.8. The Labute approximate surface area is 107 Å². The van der Waals surface area contributed by atoms with Crippen molar-refractivity contribution in [2.45, 2.75) is 72.1 Å². The molecule has 0 bridgehead atoms. The first-order valence-electron chi connectivity index (χ1n) is 7.23. The van der Waals surface area contributed by atoms with Crippen LogP contribution in [-0.2, 0) is 12.8 Å². The Morgan fingerprint density at radius 3 is 2.24 bits per heavy atom. The summed E-state index contributed by atoms with van der Waals surface area (Å²) in [5, 5.41) is 0. The second kappa shape index (κ2) is 8.27. The number of nitrogens with zero attached hydrogens (tertiary/aromatic N) is 1. The Balaban J connectivity index is 2.63. The van der Waals surface area contributed by atoms with Gasteiger partial charge in [-0.25, -0.2) is 0 Å². The fourth-order valence-electron chi connectivity index (χ4n) is 2.34. The lowest BCUT2D eigenvalue weighted by Gasteiger charge is -2.11. The Morgan fingerprint density at radius 2 is 1.59 bits per heavy atom. The molecular weight excluding hydrogens is 206 g/mol. The molecule has 1 rings (SSSR count). The predicted octanol–water partition coefficient (Wildman–Crippen LogP) is 4.86. The summed E-state index contributed by atoms with van der Waals surface area (Å²) in [6, 6.07) is 2.23. The van der Waals surface area contributed by atoms with Crippen molar-refractivity contribution in [1.82, 2.24) is 4.98 Å². The maximum atomic E-state index is 4.45. The van der Waals surface area contributed by atoms with Crippen molar-refractivity contribution < 1.29 is 0 Å². The molecule has 0 unspecified atom stereocenters. The summed E-state index contributed by atoms with van der Waals surface area (Å²) < 4.78 is 0. The Kier molecular flexibility index (Phi) is 6.91. The number of hydrogen-bond acceptors (Lipinski definition) is 1. The summed E-state index contributed by atoms with van der Waals surface area (Å²) in [5.41, 5.74) is 4.31. The van der Waals surface area contributed by atoms with E-state index in [4.69, 9.17) is 0 Å². The predicted molar refractivity (Wildman–Crippen MR) is 75.4 cm³/mol. The third-order valence-electron chi connectivity index (χ3n) is 3.45. The van der Waals surface area contributed by atoms with E-state index in [0.717, 1.165) is 0 Å². The Bertz CT molecular complexity index is 317. The first-order chi connectivity index (χ1) is 8.29. The molecule has 1 aromatic rings. The van der Waals surface area contributed by atoms with Crippen molar-refractivity contribution >= 4 is 0 Å². The lowest BCUT2D eigenvalue weighted by Crippen LogP contribution is -2.00. The number of unbranched alkanes of at least 4 members (excludes halogenated alkanes) is 4. The first kappa shape index (κ1) is 14.2. The second-order valence-electron chi connectivity index (χ2n) is 4.95. The van der Waals surface area contributed by atoms with Crippen LogP contribution in [0.15, 0.2) is 12.3 Å². The van der Waals surface area contributed by atoms with Crippen molar-refractivity contribution in [2.75, 3.05) is 0 Å². The van der Waals surface area contributed by atoms with E-state index in [-0.39, 0.29) is 0 Å². The Hall–Kier alpha value is -0.850. The number of pyridine rings is 1. The molecule has 0 amide bonds. The fourth-order valence-corrected chi connectivity index (χ4v) is 2.34. The quantitative estimate of drug-likeness (QED) is 0.585. The zero-order valence-electron chi connectivity index (χ0n) is 11.8. The average molecular weight is 233 g/mol. The van der Waals surface area contributed by atoms with Gasteiger partial charge in [-0.15, -0.1) is 0 Å². The summed E-state index contributed by atoms with van der Waals surface area (Å²) in [6.07, 6.45) is 12.3. The van der Waals surface area contributed by atoms with E-state index >= 15 is 0 Å². The SMILES string of the molecule is CCCCCc1ccnc(C)c1CCCCC. The van der Waals surface area contributed by atoms with E-state index in [1.54, 1.807) is 5.56 Å². The van der Waals surface area contributed by atoms with Crippen molar-refractivity contribution in [2.24, 2.45) is 0 Å². The third-order valence-corrected chi connectivity index (χ3v) is 3.45. The largest absolute Gasteiger partial charge is 0.261 e. The van der Waals surface area contributed by atoms with Crippen molar-refractivity contribution in [3.8, 4) is 0 Å². The molecule has 0 spiro atoms. The van der Waals surface area contributed by atoms with E-state index in [1.165, 1.54) is 62.6 Å². The molecule has 17 heavy (non-hydrogen) atoms. The molecule has 0 fully saturated rings. The van der Waals surface area contributed by atoms with Crippen LogP contribution < -0.4 is 0 Å². The number of aryl methyl sites for hydroxylation is 2. The summed E-state index contributed by atoms with van der Waals surface area (Å²) >= 11 is 0. The van der Waals surface area contributed by atoms with Crippen LogP contribution in [0.25, 0.3) is 0 Å². The van der Waals surface area contributed by atoms with E-state index in [9.17, 15) is 0 Å². The minimum absolute atomic E-state index is 1.22. The minimum atomic E-state index is 1.22. The number of rotatable bonds is 8. The topological polar surface area (TPSA) is 12.9 Å².